The van der Waals surface area contributed by atoms with Crippen LogP contribution in [-0.2, 0) is 5.92 Å². The molecule has 0 spiro atoms. The van der Waals surface area contributed by atoms with Crippen LogP contribution in [-0.4, -0.2) is 10.9 Å². The number of rotatable bonds is 4. The fourth-order valence-electron chi connectivity index (χ4n) is 1.72. The Morgan fingerprint density at radius 2 is 1.95 bits per heavy atom. The van der Waals surface area contributed by atoms with E-state index in [4.69, 9.17) is 0 Å². The van der Waals surface area contributed by atoms with Crippen molar-refractivity contribution in [3.63, 3.8) is 0 Å². The second-order valence-electron chi connectivity index (χ2n) is 4.45. The largest absolute Gasteiger partial charge is 0.307 e. The zero-order chi connectivity index (χ0) is 15.5. The predicted octanol–water partition coefficient (Wildman–Crippen LogP) is 4.60. The zero-order valence-corrected chi connectivity index (χ0v) is 12.8. The first kappa shape index (κ1) is 15.6. The number of pyridine rings is 1. The van der Waals surface area contributed by atoms with E-state index in [1.54, 1.807) is 24.3 Å². The molecule has 0 saturated carbocycles. The molecule has 0 saturated heterocycles. The highest BCUT2D eigenvalue weighted by Gasteiger charge is 2.29. The number of benzene rings is 1. The number of aromatic nitrogens is 1. The smallest absolute Gasteiger partial charge is 0.273 e. The normalized spacial score (nSPS) is 11.2. The van der Waals surface area contributed by atoms with Gasteiger partial charge in [0, 0.05) is 28.2 Å². The van der Waals surface area contributed by atoms with Gasteiger partial charge in [-0.25, -0.2) is 13.8 Å². The molecule has 1 aromatic carbocycles. The minimum atomic E-state index is -2.93. The molecule has 1 heterocycles. The molecule has 2 aromatic rings. The Morgan fingerprint density at radius 1 is 1.29 bits per heavy atom. The van der Waals surface area contributed by atoms with Crippen LogP contribution in [0.25, 0.3) is 0 Å². The summed E-state index contributed by atoms with van der Waals surface area (Å²) in [4.78, 5) is 15.9. The van der Waals surface area contributed by atoms with Crippen molar-refractivity contribution in [2.75, 3.05) is 5.32 Å². The summed E-state index contributed by atoms with van der Waals surface area (Å²) in [5.74, 6) is -3.22. The fourth-order valence-corrected chi connectivity index (χ4v) is 1.98. The lowest BCUT2D eigenvalue weighted by atomic mass is 10.1. The topological polar surface area (TPSA) is 42.0 Å². The SMILES string of the molecule is CCC(F)(F)c1ccnc(NC(=O)c2ccc(Br)cc2)c1. The summed E-state index contributed by atoms with van der Waals surface area (Å²) in [5, 5.41) is 2.52. The summed E-state index contributed by atoms with van der Waals surface area (Å²) in [6.07, 6.45) is 0.952. The maximum Gasteiger partial charge on any atom is 0.273 e. The van der Waals surface area contributed by atoms with Gasteiger partial charge in [-0.3, -0.25) is 4.79 Å². The van der Waals surface area contributed by atoms with Crippen LogP contribution in [0.3, 0.4) is 0 Å². The van der Waals surface area contributed by atoms with E-state index in [-0.39, 0.29) is 17.8 Å². The number of alkyl halides is 2. The number of nitrogens with one attached hydrogen (secondary N) is 1. The Kier molecular flexibility index (Phi) is 4.67. The number of hydrogen-bond donors (Lipinski definition) is 1. The summed E-state index contributed by atoms with van der Waals surface area (Å²) in [5.41, 5.74) is 0.263. The molecule has 3 nitrogen and oxygen atoms in total. The van der Waals surface area contributed by atoms with Gasteiger partial charge >= 0.3 is 0 Å². The molecule has 6 heteroatoms. The highest BCUT2D eigenvalue weighted by molar-refractivity contribution is 9.10. The monoisotopic (exact) mass is 354 g/mol. The second kappa shape index (κ2) is 6.30. The average Bonchev–Trinajstić information content (AvgIpc) is 2.48. The Morgan fingerprint density at radius 3 is 2.57 bits per heavy atom. The van der Waals surface area contributed by atoms with Crippen molar-refractivity contribution >= 4 is 27.7 Å². The quantitative estimate of drug-likeness (QED) is 0.871. The van der Waals surface area contributed by atoms with Crippen LogP contribution in [0.15, 0.2) is 47.1 Å². The molecule has 0 aliphatic heterocycles. The van der Waals surface area contributed by atoms with Gasteiger partial charge in [-0.15, -0.1) is 0 Å². The molecule has 21 heavy (non-hydrogen) atoms. The molecule has 0 atom stereocenters. The minimum absolute atomic E-state index is 0.105. The van der Waals surface area contributed by atoms with Crippen LogP contribution >= 0.6 is 15.9 Å². The molecule has 110 valence electrons. The van der Waals surface area contributed by atoms with Gasteiger partial charge in [-0.1, -0.05) is 22.9 Å². The fraction of sp³-hybridized carbons (Fsp3) is 0.200. The maximum absolute atomic E-state index is 13.6. The molecule has 0 fully saturated rings. The molecule has 0 radical (unpaired) electrons. The number of anilines is 1. The standard InChI is InChI=1S/C15H13BrF2N2O/c1-2-15(17,18)11-7-8-19-13(9-11)20-14(21)10-3-5-12(16)6-4-10/h3-9H,2H2,1H3,(H,19,20,21). The zero-order valence-electron chi connectivity index (χ0n) is 11.2. The van der Waals surface area contributed by atoms with Gasteiger partial charge < -0.3 is 5.32 Å². The molecule has 1 amide bonds. The van der Waals surface area contributed by atoms with Crippen LogP contribution in [0.1, 0.15) is 29.3 Å². The van der Waals surface area contributed by atoms with Gasteiger partial charge in [-0.05, 0) is 36.4 Å². The van der Waals surface area contributed by atoms with Crippen molar-refractivity contribution in [2.24, 2.45) is 0 Å². The Labute approximate surface area is 129 Å². The second-order valence-corrected chi connectivity index (χ2v) is 5.36. The summed E-state index contributed by atoms with van der Waals surface area (Å²) in [6.45, 7) is 1.40. The van der Waals surface area contributed by atoms with Crippen molar-refractivity contribution in [1.29, 1.82) is 0 Å². The Hall–Kier alpha value is -1.82. The third-order valence-corrected chi connectivity index (χ3v) is 3.50. The third kappa shape index (κ3) is 3.85. The average molecular weight is 355 g/mol. The molecular formula is C15H13BrF2N2O. The van der Waals surface area contributed by atoms with Gasteiger partial charge in [0.05, 0.1) is 0 Å². The highest BCUT2D eigenvalue weighted by atomic mass is 79.9. The maximum atomic E-state index is 13.6. The minimum Gasteiger partial charge on any atom is -0.307 e. The van der Waals surface area contributed by atoms with Gasteiger partial charge in [0.1, 0.15) is 5.82 Å². The van der Waals surface area contributed by atoms with Crippen LogP contribution < -0.4 is 5.32 Å². The number of carbonyl (C=O) groups excluding carboxylic acids is 1. The van der Waals surface area contributed by atoms with E-state index in [0.29, 0.717) is 5.56 Å². The van der Waals surface area contributed by atoms with Crippen molar-refractivity contribution in [3.05, 3.63) is 58.2 Å². The van der Waals surface area contributed by atoms with Gasteiger partial charge in [0.2, 0.25) is 0 Å². The molecule has 1 N–H and O–H groups in total. The van der Waals surface area contributed by atoms with E-state index >= 15 is 0 Å². The van der Waals surface area contributed by atoms with Crippen molar-refractivity contribution < 1.29 is 13.6 Å². The van der Waals surface area contributed by atoms with Crippen LogP contribution in [0, 0.1) is 0 Å². The molecule has 0 aliphatic carbocycles. The molecule has 2 rings (SSSR count). The third-order valence-electron chi connectivity index (χ3n) is 2.97. The molecule has 0 unspecified atom stereocenters. The molecule has 1 aromatic heterocycles. The first-order valence-electron chi connectivity index (χ1n) is 6.33. The summed E-state index contributed by atoms with van der Waals surface area (Å²) >= 11 is 3.27. The van der Waals surface area contributed by atoms with Gasteiger partial charge in [-0.2, -0.15) is 0 Å². The van der Waals surface area contributed by atoms with Gasteiger partial charge in [0.25, 0.3) is 11.8 Å². The summed E-state index contributed by atoms with van der Waals surface area (Å²) in [7, 11) is 0. The van der Waals surface area contributed by atoms with Crippen molar-refractivity contribution in [2.45, 2.75) is 19.3 Å². The van der Waals surface area contributed by atoms with Crippen molar-refractivity contribution in [1.82, 2.24) is 4.98 Å². The number of hydrogen-bond acceptors (Lipinski definition) is 2. The molecular weight excluding hydrogens is 342 g/mol. The van der Waals surface area contributed by atoms with E-state index in [1.165, 1.54) is 25.3 Å². The van der Waals surface area contributed by atoms with E-state index in [2.05, 4.69) is 26.2 Å². The van der Waals surface area contributed by atoms with Crippen LogP contribution in [0.5, 0.6) is 0 Å². The number of halogens is 3. The summed E-state index contributed by atoms with van der Waals surface area (Å²) in [6, 6.07) is 9.15. The van der Waals surface area contributed by atoms with Gasteiger partial charge in [0.15, 0.2) is 0 Å². The highest BCUT2D eigenvalue weighted by Crippen LogP contribution is 2.31. The Balaban J connectivity index is 2.18. The van der Waals surface area contributed by atoms with Crippen LogP contribution in [0.2, 0.25) is 0 Å². The lowest BCUT2D eigenvalue weighted by Crippen LogP contribution is -2.15. The number of carbonyl (C=O) groups is 1. The Bertz CT molecular complexity index is 644. The first-order valence-corrected chi connectivity index (χ1v) is 7.13. The summed E-state index contributed by atoms with van der Waals surface area (Å²) < 4.78 is 28.1. The van der Waals surface area contributed by atoms with E-state index in [1.807, 2.05) is 0 Å². The van der Waals surface area contributed by atoms with E-state index in [9.17, 15) is 13.6 Å². The number of nitrogens with zero attached hydrogens (tertiary/aromatic N) is 1. The predicted molar refractivity (Wildman–Crippen MR) is 80.5 cm³/mol. The first-order chi connectivity index (χ1) is 9.92. The van der Waals surface area contributed by atoms with Crippen LogP contribution in [0.4, 0.5) is 14.6 Å². The molecule has 0 bridgehead atoms. The van der Waals surface area contributed by atoms with E-state index in [0.717, 1.165) is 4.47 Å². The lowest BCUT2D eigenvalue weighted by molar-refractivity contribution is -0.00832. The lowest BCUT2D eigenvalue weighted by Gasteiger charge is -2.15. The number of amides is 1. The van der Waals surface area contributed by atoms with Crippen molar-refractivity contribution in [3.8, 4) is 0 Å². The molecule has 0 aliphatic rings. The van der Waals surface area contributed by atoms with E-state index < -0.39 is 11.8 Å².